The molecule has 0 fully saturated rings. The van der Waals surface area contributed by atoms with E-state index in [1.54, 1.807) is 19.1 Å². The molecule has 0 unspecified atom stereocenters. The number of pyridine rings is 1. The highest BCUT2D eigenvalue weighted by molar-refractivity contribution is 7.92. The standard InChI is InChI=1S/C19H19ClN2O2S.ClH/c1-4-22(25(3,23)24)15-11-9-14(10-12-15)19-18(20)13(2)16-7-5-6-8-17(16)21-19;/h5-12H,4H2,1-3H3;1H. The minimum absolute atomic E-state index is 0. The maximum atomic E-state index is 11.9. The normalized spacial score (nSPS) is 11.2. The fourth-order valence-electron chi connectivity index (χ4n) is 2.94. The molecule has 26 heavy (non-hydrogen) atoms. The van der Waals surface area contributed by atoms with Crippen LogP contribution in [0.5, 0.6) is 0 Å². The van der Waals surface area contributed by atoms with Crippen LogP contribution in [0.25, 0.3) is 22.2 Å². The summed E-state index contributed by atoms with van der Waals surface area (Å²) < 4.78 is 25.1. The number of aromatic nitrogens is 1. The van der Waals surface area contributed by atoms with E-state index in [4.69, 9.17) is 11.6 Å². The minimum Gasteiger partial charge on any atom is -0.271 e. The van der Waals surface area contributed by atoms with Gasteiger partial charge in [-0.15, -0.1) is 12.4 Å². The van der Waals surface area contributed by atoms with Gasteiger partial charge in [0.15, 0.2) is 0 Å². The maximum absolute atomic E-state index is 11.9. The van der Waals surface area contributed by atoms with E-state index in [-0.39, 0.29) is 12.4 Å². The van der Waals surface area contributed by atoms with Crippen LogP contribution in [0.4, 0.5) is 5.69 Å². The van der Waals surface area contributed by atoms with Crippen molar-refractivity contribution >= 4 is 50.6 Å². The van der Waals surface area contributed by atoms with Gasteiger partial charge in [-0.05, 0) is 37.6 Å². The van der Waals surface area contributed by atoms with Crippen molar-refractivity contribution in [3.8, 4) is 11.3 Å². The van der Waals surface area contributed by atoms with Crippen LogP contribution in [0.3, 0.4) is 0 Å². The topological polar surface area (TPSA) is 50.3 Å². The first-order valence-corrected chi connectivity index (χ1v) is 10.2. The number of halogens is 2. The van der Waals surface area contributed by atoms with Gasteiger partial charge in [0.1, 0.15) is 0 Å². The zero-order valence-electron chi connectivity index (χ0n) is 14.7. The van der Waals surface area contributed by atoms with E-state index < -0.39 is 10.0 Å². The Labute approximate surface area is 165 Å². The van der Waals surface area contributed by atoms with Gasteiger partial charge in [0.25, 0.3) is 0 Å². The molecule has 4 nitrogen and oxygen atoms in total. The highest BCUT2D eigenvalue weighted by Gasteiger charge is 2.16. The number of hydrogen-bond donors (Lipinski definition) is 0. The fraction of sp³-hybridized carbons (Fsp3) is 0.211. The van der Waals surface area contributed by atoms with Crippen LogP contribution in [0.2, 0.25) is 5.02 Å². The Morgan fingerprint density at radius 3 is 2.27 bits per heavy atom. The number of nitrogens with zero attached hydrogens (tertiary/aromatic N) is 2. The van der Waals surface area contributed by atoms with Gasteiger partial charge in [0.05, 0.1) is 28.2 Å². The number of aryl methyl sites for hydroxylation is 1. The molecule has 0 aliphatic rings. The third-order valence-corrected chi connectivity index (χ3v) is 5.93. The first-order chi connectivity index (χ1) is 11.8. The Morgan fingerprint density at radius 1 is 1.08 bits per heavy atom. The smallest absolute Gasteiger partial charge is 0.232 e. The highest BCUT2D eigenvalue weighted by Crippen LogP contribution is 2.34. The zero-order valence-corrected chi connectivity index (χ0v) is 17.1. The van der Waals surface area contributed by atoms with Crippen molar-refractivity contribution in [2.24, 2.45) is 0 Å². The van der Waals surface area contributed by atoms with Gasteiger partial charge in [0, 0.05) is 17.5 Å². The lowest BCUT2D eigenvalue weighted by Gasteiger charge is -2.20. The van der Waals surface area contributed by atoms with Crippen LogP contribution in [0.1, 0.15) is 12.5 Å². The summed E-state index contributed by atoms with van der Waals surface area (Å²) in [4.78, 5) is 4.69. The van der Waals surface area contributed by atoms with Crippen LogP contribution >= 0.6 is 24.0 Å². The van der Waals surface area contributed by atoms with Crippen molar-refractivity contribution in [3.05, 3.63) is 59.1 Å². The van der Waals surface area contributed by atoms with Gasteiger partial charge < -0.3 is 0 Å². The minimum atomic E-state index is -3.30. The van der Waals surface area contributed by atoms with Crippen molar-refractivity contribution in [1.29, 1.82) is 0 Å². The van der Waals surface area contributed by atoms with Gasteiger partial charge in [-0.3, -0.25) is 4.31 Å². The molecule has 1 heterocycles. The molecule has 0 N–H and O–H groups in total. The van der Waals surface area contributed by atoms with Crippen LogP contribution < -0.4 is 4.31 Å². The lowest BCUT2D eigenvalue weighted by atomic mass is 10.0. The second kappa shape index (κ2) is 7.82. The largest absolute Gasteiger partial charge is 0.271 e. The molecule has 3 rings (SSSR count). The number of anilines is 1. The Kier molecular flexibility index (Phi) is 6.17. The molecule has 1 aromatic heterocycles. The third kappa shape index (κ3) is 3.80. The van der Waals surface area contributed by atoms with Crippen molar-refractivity contribution < 1.29 is 8.42 Å². The molecule has 0 saturated heterocycles. The molecule has 0 bridgehead atoms. The van der Waals surface area contributed by atoms with E-state index in [9.17, 15) is 8.42 Å². The molecule has 138 valence electrons. The molecule has 0 aliphatic heterocycles. The summed E-state index contributed by atoms with van der Waals surface area (Å²) in [6.45, 7) is 4.17. The van der Waals surface area contributed by atoms with E-state index in [1.165, 1.54) is 10.6 Å². The van der Waals surface area contributed by atoms with Crippen molar-refractivity contribution in [2.75, 3.05) is 17.1 Å². The summed E-state index contributed by atoms with van der Waals surface area (Å²) in [5.74, 6) is 0. The van der Waals surface area contributed by atoms with Crippen LogP contribution in [0, 0.1) is 6.92 Å². The lowest BCUT2D eigenvalue weighted by Crippen LogP contribution is -2.29. The van der Waals surface area contributed by atoms with E-state index in [0.717, 1.165) is 22.0 Å². The predicted molar refractivity (Wildman–Crippen MR) is 112 cm³/mol. The van der Waals surface area contributed by atoms with Crippen LogP contribution in [0.15, 0.2) is 48.5 Å². The summed E-state index contributed by atoms with van der Waals surface area (Å²) in [5.41, 5.74) is 4.05. The van der Waals surface area contributed by atoms with E-state index >= 15 is 0 Å². The Hall–Kier alpha value is -1.82. The molecule has 0 saturated carbocycles. The van der Waals surface area contributed by atoms with E-state index in [0.29, 0.717) is 22.9 Å². The monoisotopic (exact) mass is 410 g/mol. The lowest BCUT2D eigenvalue weighted by molar-refractivity contribution is 0.598. The van der Waals surface area contributed by atoms with Crippen molar-refractivity contribution in [2.45, 2.75) is 13.8 Å². The SMILES string of the molecule is CCN(c1ccc(-c2nc3ccccc3c(C)c2Cl)cc1)S(C)(=O)=O.Cl. The average molecular weight is 411 g/mol. The van der Waals surface area contributed by atoms with E-state index in [1.807, 2.05) is 43.3 Å². The maximum Gasteiger partial charge on any atom is 0.232 e. The van der Waals surface area contributed by atoms with Gasteiger partial charge in [0.2, 0.25) is 10.0 Å². The second-order valence-electron chi connectivity index (χ2n) is 5.89. The molecular weight excluding hydrogens is 391 g/mol. The number of sulfonamides is 1. The molecule has 3 aromatic rings. The predicted octanol–water partition coefficient (Wildman–Crippen LogP) is 5.07. The zero-order chi connectivity index (χ0) is 18.2. The molecule has 0 atom stereocenters. The number of fused-ring (bicyclic) bond motifs is 1. The summed E-state index contributed by atoms with van der Waals surface area (Å²) in [7, 11) is -3.30. The number of hydrogen-bond acceptors (Lipinski definition) is 3. The molecule has 2 aromatic carbocycles. The summed E-state index contributed by atoms with van der Waals surface area (Å²) in [6, 6.07) is 15.1. The molecule has 7 heteroatoms. The van der Waals surface area contributed by atoms with Gasteiger partial charge in [-0.25, -0.2) is 13.4 Å². The summed E-state index contributed by atoms with van der Waals surface area (Å²) >= 11 is 6.54. The van der Waals surface area contributed by atoms with Crippen molar-refractivity contribution in [1.82, 2.24) is 4.98 Å². The number of rotatable bonds is 4. The molecule has 0 spiro atoms. The Bertz CT molecular complexity index is 1040. The van der Waals surface area contributed by atoms with Gasteiger partial charge in [-0.2, -0.15) is 0 Å². The molecule has 0 amide bonds. The van der Waals surface area contributed by atoms with Crippen molar-refractivity contribution in [3.63, 3.8) is 0 Å². The first kappa shape index (κ1) is 20.5. The average Bonchev–Trinajstić information content (AvgIpc) is 2.58. The second-order valence-corrected chi connectivity index (χ2v) is 8.18. The fourth-order valence-corrected chi connectivity index (χ4v) is 4.17. The van der Waals surface area contributed by atoms with E-state index in [2.05, 4.69) is 4.98 Å². The first-order valence-electron chi connectivity index (χ1n) is 7.96. The third-order valence-electron chi connectivity index (χ3n) is 4.19. The molecule has 0 aliphatic carbocycles. The van der Waals surface area contributed by atoms with Gasteiger partial charge >= 0.3 is 0 Å². The molecular formula is C19H20Cl2N2O2S. The molecule has 0 radical (unpaired) electrons. The Balaban J connectivity index is 0.00000243. The highest BCUT2D eigenvalue weighted by atomic mass is 35.5. The number of benzene rings is 2. The number of para-hydroxylation sites is 1. The quantitative estimate of drug-likeness (QED) is 0.602. The van der Waals surface area contributed by atoms with Gasteiger partial charge in [-0.1, -0.05) is 41.9 Å². The Morgan fingerprint density at radius 2 is 1.69 bits per heavy atom. The van der Waals surface area contributed by atoms with Crippen LogP contribution in [-0.2, 0) is 10.0 Å². The summed E-state index contributed by atoms with van der Waals surface area (Å²) in [6.07, 6.45) is 1.20. The van der Waals surface area contributed by atoms with Crippen LogP contribution in [-0.4, -0.2) is 26.2 Å². The summed E-state index contributed by atoms with van der Waals surface area (Å²) in [5, 5.41) is 1.64.